The Bertz CT molecular complexity index is 1690. The summed E-state index contributed by atoms with van der Waals surface area (Å²) in [4.78, 5) is 25.6. The van der Waals surface area contributed by atoms with Gasteiger partial charge in [0.05, 0.1) is 12.7 Å². The number of fused-ring (bicyclic) bond motifs is 3. The van der Waals surface area contributed by atoms with Crippen LogP contribution in [0.4, 0.5) is 0 Å². The number of rotatable bonds is 4. The molecular formula is C28H19NO6. The summed E-state index contributed by atoms with van der Waals surface area (Å²) in [5.41, 5.74) is 2.81. The van der Waals surface area contributed by atoms with E-state index in [1.165, 1.54) is 13.2 Å². The molecule has 1 aliphatic heterocycles. The molecule has 0 N–H and O–H groups in total. The molecule has 6 rings (SSSR count). The number of methoxy groups -OCH3 is 1. The number of furan rings is 1. The lowest BCUT2D eigenvalue weighted by Crippen LogP contribution is -2.07. The number of esters is 1. The second kappa shape index (κ2) is 7.92. The molecule has 3 heterocycles. The minimum Gasteiger partial charge on any atom is -0.493 e. The van der Waals surface area contributed by atoms with Gasteiger partial charge in [-0.2, -0.15) is 0 Å². The Morgan fingerprint density at radius 3 is 2.74 bits per heavy atom. The van der Waals surface area contributed by atoms with Crippen LogP contribution in [0.5, 0.6) is 17.2 Å². The predicted octanol–water partition coefficient (Wildman–Crippen LogP) is 5.77. The summed E-state index contributed by atoms with van der Waals surface area (Å²) in [5, 5.41) is 1.74. The average molecular weight is 465 g/mol. The summed E-state index contributed by atoms with van der Waals surface area (Å²) >= 11 is 0. The topological polar surface area (TPSA) is 79.9 Å². The van der Waals surface area contributed by atoms with Crippen LogP contribution in [0.2, 0.25) is 0 Å². The molecule has 5 aromatic rings. The van der Waals surface area contributed by atoms with E-state index in [4.69, 9.17) is 18.6 Å². The van der Waals surface area contributed by atoms with E-state index in [9.17, 15) is 9.59 Å². The number of allylic oxidation sites excluding steroid dienone is 1. The van der Waals surface area contributed by atoms with Gasteiger partial charge in [0, 0.05) is 41.2 Å². The number of nitrogens with zero attached hydrogens (tertiary/aromatic N) is 1. The maximum atomic E-state index is 12.9. The SMILES string of the molecule is COc1cccc2cc(C(=O)Oc3ccc4c(c3)O/C(=C\c3cn(C)c5ccccc35)C4=O)oc12. The molecule has 7 nitrogen and oxygen atoms in total. The molecule has 0 bridgehead atoms. The first-order valence-electron chi connectivity index (χ1n) is 10.9. The average Bonchev–Trinajstić information content (AvgIpc) is 3.53. The van der Waals surface area contributed by atoms with Gasteiger partial charge in [0.1, 0.15) is 11.5 Å². The number of aromatic nitrogens is 1. The highest BCUT2D eigenvalue weighted by Gasteiger charge is 2.29. The van der Waals surface area contributed by atoms with E-state index < -0.39 is 5.97 Å². The van der Waals surface area contributed by atoms with Crippen LogP contribution >= 0.6 is 0 Å². The molecule has 35 heavy (non-hydrogen) atoms. The molecule has 0 unspecified atom stereocenters. The molecule has 0 spiro atoms. The van der Waals surface area contributed by atoms with Gasteiger partial charge in [-0.3, -0.25) is 4.79 Å². The Morgan fingerprint density at radius 1 is 1.03 bits per heavy atom. The van der Waals surface area contributed by atoms with Crippen molar-refractivity contribution in [1.82, 2.24) is 4.57 Å². The largest absolute Gasteiger partial charge is 0.493 e. The fraction of sp³-hybridized carbons (Fsp3) is 0.0714. The van der Waals surface area contributed by atoms with Gasteiger partial charge < -0.3 is 23.2 Å². The van der Waals surface area contributed by atoms with Gasteiger partial charge in [0.15, 0.2) is 17.1 Å². The van der Waals surface area contributed by atoms with Crippen LogP contribution in [0.3, 0.4) is 0 Å². The second-order valence-electron chi connectivity index (χ2n) is 8.19. The summed E-state index contributed by atoms with van der Waals surface area (Å²) in [6, 6.07) is 19.6. The molecule has 3 aromatic carbocycles. The molecule has 0 atom stereocenters. The standard InChI is InChI=1S/C28H19NO6/c1-29-15-17(19-7-3-4-8-21(19)29)13-24-26(30)20-11-10-18(14-23(20)34-24)33-28(31)25-12-16-6-5-9-22(32-2)27(16)35-25/h3-15H,1-2H3/b24-13-. The zero-order valence-electron chi connectivity index (χ0n) is 18.9. The highest BCUT2D eigenvalue weighted by Crippen LogP contribution is 2.36. The zero-order chi connectivity index (χ0) is 24.1. The first-order chi connectivity index (χ1) is 17.0. The summed E-state index contributed by atoms with van der Waals surface area (Å²) < 4.78 is 24.3. The number of hydrogen-bond donors (Lipinski definition) is 0. The van der Waals surface area contributed by atoms with Crippen LogP contribution in [-0.4, -0.2) is 23.4 Å². The van der Waals surface area contributed by atoms with Crippen molar-refractivity contribution >= 4 is 39.7 Å². The molecule has 172 valence electrons. The monoisotopic (exact) mass is 465 g/mol. The van der Waals surface area contributed by atoms with Crippen molar-refractivity contribution in [2.24, 2.45) is 7.05 Å². The summed E-state index contributed by atoms with van der Waals surface area (Å²) in [6.07, 6.45) is 3.69. The van der Waals surface area contributed by atoms with Gasteiger partial charge >= 0.3 is 5.97 Å². The number of ether oxygens (including phenoxy) is 3. The number of carbonyl (C=O) groups excluding carboxylic acids is 2. The molecule has 0 aliphatic carbocycles. The zero-order valence-corrected chi connectivity index (χ0v) is 18.9. The normalized spacial score (nSPS) is 13.9. The van der Waals surface area contributed by atoms with Crippen molar-refractivity contribution in [1.29, 1.82) is 0 Å². The smallest absolute Gasteiger partial charge is 0.379 e. The summed E-state index contributed by atoms with van der Waals surface area (Å²) in [5.74, 6) is 0.451. The fourth-order valence-electron chi connectivity index (χ4n) is 4.32. The van der Waals surface area contributed by atoms with Crippen molar-refractivity contribution in [3.05, 3.63) is 95.6 Å². The van der Waals surface area contributed by atoms with Gasteiger partial charge in [-0.05, 0) is 36.4 Å². The third kappa shape index (κ3) is 3.45. The van der Waals surface area contributed by atoms with Crippen molar-refractivity contribution in [3.63, 3.8) is 0 Å². The fourth-order valence-corrected chi connectivity index (χ4v) is 4.32. The maximum absolute atomic E-state index is 12.9. The highest BCUT2D eigenvalue weighted by atomic mass is 16.6. The molecular weight excluding hydrogens is 446 g/mol. The van der Waals surface area contributed by atoms with Crippen molar-refractivity contribution in [2.75, 3.05) is 7.11 Å². The Kier molecular flexibility index (Phi) is 4.70. The number of Topliss-reactive ketones (excluding diaryl/α,β-unsaturated/α-hetero) is 1. The minimum atomic E-state index is -0.668. The molecule has 0 saturated carbocycles. The lowest BCUT2D eigenvalue weighted by Gasteiger charge is -2.04. The number of aryl methyl sites for hydroxylation is 1. The van der Waals surface area contributed by atoms with E-state index >= 15 is 0 Å². The lowest BCUT2D eigenvalue weighted by molar-refractivity contribution is 0.0703. The highest BCUT2D eigenvalue weighted by molar-refractivity contribution is 6.15. The van der Waals surface area contributed by atoms with E-state index in [2.05, 4.69) is 0 Å². The van der Waals surface area contributed by atoms with Crippen LogP contribution in [-0.2, 0) is 7.05 Å². The van der Waals surface area contributed by atoms with Gasteiger partial charge in [0.25, 0.3) is 0 Å². The van der Waals surface area contributed by atoms with Crippen LogP contribution in [0, 0.1) is 0 Å². The quantitative estimate of drug-likeness (QED) is 0.191. The van der Waals surface area contributed by atoms with Crippen LogP contribution in [0.25, 0.3) is 27.9 Å². The summed E-state index contributed by atoms with van der Waals surface area (Å²) in [6.45, 7) is 0. The minimum absolute atomic E-state index is 0.0403. The first kappa shape index (κ1) is 20.8. The lowest BCUT2D eigenvalue weighted by atomic mass is 10.1. The maximum Gasteiger partial charge on any atom is 0.379 e. The Labute approximate surface area is 199 Å². The molecule has 2 aromatic heterocycles. The molecule has 0 radical (unpaired) electrons. The van der Waals surface area contributed by atoms with E-state index in [1.54, 1.807) is 30.3 Å². The Balaban J connectivity index is 1.26. The van der Waals surface area contributed by atoms with Crippen molar-refractivity contribution in [3.8, 4) is 17.2 Å². The van der Waals surface area contributed by atoms with E-state index in [1.807, 2.05) is 54.2 Å². The Hall–Kier alpha value is -4.78. The molecule has 0 amide bonds. The number of carbonyl (C=O) groups is 2. The van der Waals surface area contributed by atoms with Gasteiger partial charge in [-0.15, -0.1) is 0 Å². The van der Waals surface area contributed by atoms with Crippen LogP contribution in [0.15, 0.2) is 83.1 Å². The van der Waals surface area contributed by atoms with Crippen LogP contribution in [0.1, 0.15) is 26.5 Å². The van der Waals surface area contributed by atoms with Crippen molar-refractivity contribution in [2.45, 2.75) is 0 Å². The first-order valence-corrected chi connectivity index (χ1v) is 10.9. The Morgan fingerprint density at radius 2 is 1.89 bits per heavy atom. The molecule has 0 saturated heterocycles. The molecule has 0 fully saturated rings. The number of hydrogen-bond acceptors (Lipinski definition) is 6. The van der Waals surface area contributed by atoms with E-state index in [0.29, 0.717) is 22.6 Å². The molecule has 7 heteroatoms. The third-order valence-corrected chi connectivity index (χ3v) is 6.00. The molecule has 1 aliphatic rings. The van der Waals surface area contributed by atoms with Gasteiger partial charge in [-0.1, -0.05) is 30.3 Å². The van der Waals surface area contributed by atoms with E-state index in [-0.39, 0.29) is 23.1 Å². The second-order valence-corrected chi connectivity index (χ2v) is 8.19. The van der Waals surface area contributed by atoms with Crippen molar-refractivity contribution < 1.29 is 28.2 Å². The number of benzene rings is 3. The third-order valence-electron chi connectivity index (χ3n) is 6.00. The summed E-state index contributed by atoms with van der Waals surface area (Å²) in [7, 11) is 3.49. The predicted molar refractivity (Wildman–Crippen MR) is 130 cm³/mol. The van der Waals surface area contributed by atoms with Gasteiger partial charge in [-0.25, -0.2) is 4.79 Å². The van der Waals surface area contributed by atoms with Gasteiger partial charge in [0.2, 0.25) is 11.5 Å². The van der Waals surface area contributed by atoms with E-state index in [0.717, 1.165) is 21.9 Å². The number of ketones is 1. The number of para-hydroxylation sites is 2. The van der Waals surface area contributed by atoms with Crippen LogP contribution < -0.4 is 14.2 Å².